The van der Waals surface area contributed by atoms with Crippen LogP contribution in [-0.2, 0) is 6.54 Å². The molecule has 0 aliphatic carbocycles. The highest BCUT2D eigenvalue weighted by Gasteiger charge is 2.21. The number of hydrogen-bond donors (Lipinski definition) is 1. The molecule has 5 heteroatoms. The van der Waals surface area contributed by atoms with Gasteiger partial charge in [0.2, 0.25) is 0 Å². The summed E-state index contributed by atoms with van der Waals surface area (Å²) >= 11 is 0. The zero-order chi connectivity index (χ0) is 17.9. The van der Waals surface area contributed by atoms with Crippen LogP contribution in [0.1, 0.15) is 34.3 Å². The maximum Gasteiger partial charge on any atom is 0.253 e. The summed E-state index contributed by atoms with van der Waals surface area (Å²) in [4.78, 5) is 15.2. The normalized spacial score (nSPS) is 15.8. The molecule has 0 saturated carbocycles. The van der Waals surface area contributed by atoms with E-state index >= 15 is 0 Å². The molecule has 0 atom stereocenters. The van der Waals surface area contributed by atoms with Crippen molar-refractivity contribution in [2.24, 2.45) is 0 Å². The van der Waals surface area contributed by atoms with E-state index in [0.717, 1.165) is 47.0 Å². The predicted octanol–water partition coefficient (Wildman–Crippen LogP) is 3.30. The molecule has 2 heterocycles. The van der Waals surface area contributed by atoms with Gasteiger partial charge in [0, 0.05) is 30.9 Å². The first-order valence-electron chi connectivity index (χ1n) is 9.23. The van der Waals surface area contributed by atoms with Crippen molar-refractivity contribution in [3.8, 4) is 11.5 Å². The van der Waals surface area contributed by atoms with Gasteiger partial charge in [0.25, 0.3) is 5.91 Å². The summed E-state index contributed by atoms with van der Waals surface area (Å²) in [6.45, 7) is 5.56. The fraction of sp³-hybridized carbons (Fsp3) is 0.381. The van der Waals surface area contributed by atoms with Gasteiger partial charge in [0.05, 0.1) is 5.56 Å². The fourth-order valence-corrected chi connectivity index (χ4v) is 3.61. The van der Waals surface area contributed by atoms with E-state index in [4.69, 9.17) is 9.47 Å². The van der Waals surface area contributed by atoms with E-state index in [2.05, 4.69) is 22.3 Å². The molecule has 0 aromatic heterocycles. The minimum Gasteiger partial charge on any atom is -0.486 e. The van der Waals surface area contributed by atoms with Crippen molar-refractivity contribution >= 4 is 11.6 Å². The topological polar surface area (TPSA) is 50.8 Å². The molecule has 26 heavy (non-hydrogen) atoms. The Morgan fingerprint density at radius 2 is 1.92 bits per heavy atom. The zero-order valence-corrected chi connectivity index (χ0v) is 15.1. The zero-order valence-electron chi connectivity index (χ0n) is 15.1. The highest BCUT2D eigenvalue weighted by atomic mass is 16.6. The number of para-hydroxylation sites is 1. The van der Waals surface area contributed by atoms with Crippen LogP contribution in [0.25, 0.3) is 0 Å². The molecule has 2 aromatic rings. The van der Waals surface area contributed by atoms with Crippen LogP contribution in [0.15, 0.2) is 36.4 Å². The first kappa shape index (κ1) is 16.8. The van der Waals surface area contributed by atoms with Gasteiger partial charge in [-0.05, 0) is 38.0 Å². The lowest BCUT2D eigenvalue weighted by atomic mass is 10.1. The van der Waals surface area contributed by atoms with Gasteiger partial charge in [-0.15, -0.1) is 0 Å². The number of hydrogen-bond acceptors (Lipinski definition) is 4. The van der Waals surface area contributed by atoms with Crippen LogP contribution in [0.3, 0.4) is 0 Å². The van der Waals surface area contributed by atoms with Crippen molar-refractivity contribution in [3.63, 3.8) is 0 Å². The molecule has 4 rings (SSSR count). The van der Waals surface area contributed by atoms with Gasteiger partial charge in [0.15, 0.2) is 11.5 Å². The van der Waals surface area contributed by atoms with Gasteiger partial charge in [-0.25, -0.2) is 0 Å². The smallest absolute Gasteiger partial charge is 0.253 e. The third kappa shape index (κ3) is 3.34. The number of aryl methyl sites for hydroxylation is 1. The molecule has 1 N–H and O–H groups in total. The molecule has 0 spiro atoms. The number of nitrogens with one attached hydrogen (secondary N) is 1. The molecule has 0 bridgehead atoms. The van der Waals surface area contributed by atoms with Gasteiger partial charge >= 0.3 is 0 Å². The van der Waals surface area contributed by atoms with Crippen LogP contribution in [0.4, 0.5) is 5.69 Å². The van der Waals surface area contributed by atoms with Gasteiger partial charge in [-0.3, -0.25) is 4.79 Å². The molecule has 0 radical (unpaired) electrons. The standard InChI is InChI=1S/C21H24N2O3/c1-15-7-8-18(23-9-2-3-10-23)17(13-15)21(24)22-14-16-5-4-6-19-20(16)26-12-11-25-19/h4-8,13H,2-3,9-12,14H2,1H3,(H,22,24). The summed E-state index contributed by atoms with van der Waals surface area (Å²) in [7, 11) is 0. The average Bonchev–Trinajstić information content (AvgIpc) is 3.20. The highest BCUT2D eigenvalue weighted by Crippen LogP contribution is 2.33. The first-order valence-corrected chi connectivity index (χ1v) is 9.23. The second-order valence-corrected chi connectivity index (χ2v) is 6.84. The fourth-order valence-electron chi connectivity index (χ4n) is 3.61. The maximum atomic E-state index is 12.9. The lowest BCUT2D eigenvalue weighted by molar-refractivity contribution is 0.0950. The predicted molar refractivity (Wildman–Crippen MR) is 101 cm³/mol. The quantitative estimate of drug-likeness (QED) is 0.917. The number of carbonyl (C=O) groups is 1. The van der Waals surface area contributed by atoms with Crippen molar-refractivity contribution < 1.29 is 14.3 Å². The molecule has 5 nitrogen and oxygen atoms in total. The molecule has 1 fully saturated rings. The van der Waals surface area contributed by atoms with Crippen LogP contribution in [-0.4, -0.2) is 32.2 Å². The molecular formula is C21H24N2O3. The molecule has 2 aliphatic heterocycles. The second kappa shape index (κ2) is 7.28. The monoisotopic (exact) mass is 352 g/mol. The van der Waals surface area contributed by atoms with E-state index in [1.54, 1.807) is 0 Å². The van der Waals surface area contributed by atoms with Crippen LogP contribution in [0, 0.1) is 6.92 Å². The molecule has 0 unspecified atom stereocenters. The van der Waals surface area contributed by atoms with E-state index in [0.29, 0.717) is 19.8 Å². The van der Waals surface area contributed by atoms with Crippen LogP contribution < -0.4 is 19.7 Å². The number of rotatable bonds is 4. The Balaban J connectivity index is 1.53. The van der Waals surface area contributed by atoms with E-state index < -0.39 is 0 Å². The van der Waals surface area contributed by atoms with Gasteiger partial charge in [-0.1, -0.05) is 23.8 Å². The average molecular weight is 352 g/mol. The Labute approximate surface area is 153 Å². The van der Waals surface area contributed by atoms with Crippen molar-refractivity contribution in [3.05, 3.63) is 53.1 Å². The largest absolute Gasteiger partial charge is 0.486 e. The van der Waals surface area contributed by atoms with E-state index in [1.807, 2.05) is 31.2 Å². The van der Waals surface area contributed by atoms with E-state index in [1.165, 1.54) is 12.8 Å². The number of benzene rings is 2. The number of carbonyl (C=O) groups excluding carboxylic acids is 1. The Hall–Kier alpha value is -2.69. The minimum absolute atomic E-state index is 0.0510. The number of nitrogens with zero attached hydrogens (tertiary/aromatic N) is 1. The van der Waals surface area contributed by atoms with Crippen molar-refractivity contribution in [2.45, 2.75) is 26.3 Å². The Kier molecular flexibility index (Phi) is 4.69. The van der Waals surface area contributed by atoms with Crippen LogP contribution in [0.2, 0.25) is 0 Å². The SMILES string of the molecule is Cc1ccc(N2CCCC2)c(C(=O)NCc2cccc3c2OCCO3)c1. The van der Waals surface area contributed by atoms with Crippen LogP contribution in [0.5, 0.6) is 11.5 Å². The third-order valence-corrected chi connectivity index (χ3v) is 4.93. The summed E-state index contributed by atoms with van der Waals surface area (Å²) in [5.74, 6) is 1.43. The molecule has 136 valence electrons. The Morgan fingerprint density at radius 1 is 1.12 bits per heavy atom. The molecule has 1 saturated heterocycles. The maximum absolute atomic E-state index is 12.9. The highest BCUT2D eigenvalue weighted by molar-refractivity contribution is 6.00. The summed E-state index contributed by atoms with van der Waals surface area (Å²) in [5, 5.41) is 3.06. The number of anilines is 1. The lowest BCUT2D eigenvalue weighted by Gasteiger charge is -2.22. The van der Waals surface area contributed by atoms with Crippen molar-refractivity contribution in [2.75, 3.05) is 31.2 Å². The molecule has 2 aromatic carbocycles. The van der Waals surface area contributed by atoms with Crippen molar-refractivity contribution in [1.29, 1.82) is 0 Å². The van der Waals surface area contributed by atoms with Gasteiger partial charge < -0.3 is 19.7 Å². The lowest BCUT2D eigenvalue weighted by Crippen LogP contribution is -2.28. The van der Waals surface area contributed by atoms with E-state index in [9.17, 15) is 4.79 Å². The molecule has 2 aliphatic rings. The first-order chi connectivity index (χ1) is 12.7. The molecular weight excluding hydrogens is 328 g/mol. The summed E-state index contributed by atoms with van der Waals surface area (Å²) in [6, 6.07) is 11.9. The van der Waals surface area contributed by atoms with Gasteiger partial charge in [0.1, 0.15) is 13.2 Å². The molecule has 1 amide bonds. The Bertz CT molecular complexity index is 813. The third-order valence-electron chi connectivity index (χ3n) is 4.93. The van der Waals surface area contributed by atoms with Gasteiger partial charge in [-0.2, -0.15) is 0 Å². The number of ether oxygens (including phenoxy) is 2. The van der Waals surface area contributed by atoms with E-state index in [-0.39, 0.29) is 5.91 Å². The summed E-state index contributed by atoms with van der Waals surface area (Å²) < 4.78 is 11.3. The second-order valence-electron chi connectivity index (χ2n) is 6.84. The minimum atomic E-state index is -0.0510. The van der Waals surface area contributed by atoms with Crippen molar-refractivity contribution in [1.82, 2.24) is 5.32 Å². The number of fused-ring (bicyclic) bond motifs is 1. The Morgan fingerprint density at radius 3 is 2.77 bits per heavy atom. The number of amides is 1. The summed E-state index contributed by atoms with van der Waals surface area (Å²) in [5.41, 5.74) is 3.80. The summed E-state index contributed by atoms with van der Waals surface area (Å²) in [6.07, 6.45) is 2.37. The van der Waals surface area contributed by atoms with Crippen LogP contribution >= 0.6 is 0 Å².